The summed E-state index contributed by atoms with van der Waals surface area (Å²) in [5, 5.41) is 2.74. The van der Waals surface area contributed by atoms with Gasteiger partial charge in [-0.3, -0.25) is 4.79 Å². The molecular formula is C21H18FNO5. The molecule has 0 fully saturated rings. The van der Waals surface area contributed by atoms with Gasteiger partial charge in [-0.25, -0.2) is 9.18 Å². The van der Waals surface area contributed by atoms with Crippen molar-refractivity contribution in [1.29, 1.82) is 0 Å². The van der Waals surface area contributed by atoms with Gasteiger partial charge in [-0.05, 0) is 54.1 Å². The number of hydrogen-bond donors (Lipinski definition) is 1. The number of benzene rings is 2. The standard InChI is InChI=1S/C21H18FNO5/c1-26-21(25)15-4-2-14(3-5-15)12-23-20(24)19-11-10-18(28-19)13-27-17-8-6-16(22)7-9-17/h2-11H,12-13H2,1H3,(H,23,24). The lowest BCUT2D eigenvalue weighted by Gasteiger charge is -2.05. The Kier molecular flexibility index (Phi) is 6.06. The van der Waals surface area contributed by atoms with Crippen molar-refractivity contribution in [2.24, 2.45) is 0 Å². The number of hydrogen-bond acceptors (Lipinski definition) is 5. The maximum Gasteiger partial charge on any atom is 0.337 e. The minimum atomic E-state index is -0.415. The molecule has 0 aliphatic heterocycles. The molecule has 1 amide bonds. The second-order valence-corrected chi connectivity index (χ2v) is 5.88. The maximum absolute atomic E-state index is 12.9. The van der Waals surface area contributed by atoms with Crippen LogP contribution in [0.15, 0.2) is 65.1 Å². The van der Waals surface area contributed by atoms with Gasteiger partial charge in [-0.15, -0.1) is 0 Å². The predicted molar refractivity (Wildman–Crippen MR) is 98.4 cm³/mol. The lowest BCUT2D eigenvalue weighted by atomic mass is 10.1. The van der Waals surface area contributed by atoms with Gasteiger partial charge >= 0.3 is 5.97 Å². The summed E-state index contributed by atoms with van der Waals surface area (Å²) >= 11 is 0. The Morgan fingerprint density at radius 2 is 1.71 bits per heavy atom. The average Bonchev–Trinajstić information content (AvgIpc) is 3.20. The largest absolute Gasteiger partial charge is 0.486 e. The van der Waals surface area contributed by atoms with Crippen LogP contribution >= 0.6 is 0 Å². The Morgan fingerprint density at radius 1 is 1.00 bits per heavy atom. The van der Waals surface area contributed by atoms with Crippen molar-refractivity contribution in [2.45, 2.75) is 13.2 Å². The van der Waals surface area contributed by atoms with Crippen LogP contribution in [0.2, 0.25) is 0 Å². The van der Waals surface area contributed by atoms with Gasteiger partial charge in [0.15, 0.2) is 5.76 Å². The third kappa shape index (κ3) is 4.97. The van der Waals surface area contributed by atoms with E-state index in [9.17, 15) is 14.0 Å². The highest BCUT2D eigenvalue weighted by atomic mass is 19.1. The van der Waals surface area contributed by atoms with Crippen molar-refractivity contribution < 1.29 is 27.9 Å². The van der Waals surface area contributed by atoms with Gasteiger partial charge in [0.2, 0.25) is 0 Å². The van der Waals surface area contributed by atoms with Gasteiger partial charge in [-0.1, -0.05) is 12.1 Å². The van der Waals surface area contributed by atoms with Gasteiger partial charge in [0.25, 0.3) is 5.91 Å². The van der Waals surface area contributed by atoms with E-state index in [-0.39, 0.29) is 30.6 Å². The van der Waals surface area contributed by atoms with Crippen LogP contribution in [-0.4, -0.2) is 19.0 Å². The Bertz CT molecular complexity index is 948. The zero-order valence-electron chi connectivity index (χ0n) is 15.1. The summed E-state index contributed by atoms with van der Waals surface area (Å²) in [5.74, 6) is -0.00382. The van der Waals surface area contributed by atoms with E-state index in [1.54, 1.807) is 36.4 Å². The third-order valence-electron chi connectivity index (χ3n) is 3.91. The molecule has 0 saturated carbocycles. The van der Waals surface area contributed by atoms with Crippen molar-refractivity contribution in [3.63, 3.8) is 0 Å². The number of nitrogens with one attached hydrogen (secondary N) is 1. The summed E-state index contributed by atoms with van der Waals surface area (Å²) in [7, 11) is 1.32. The Hall–Kier alpha value is -3.61. The molecular weight excluding hydrogens is 365 g/mol. The molecule has 1 heterocycles. The molecule has 144 valence electrons. The van der Waals surface area contributed by atoms with Crippen molar-refractivity contribution in [2.75, 3.05) is 7.11 Å². The first kappa shape index (κ1) is 19.2. The fourth-order valence-electron chi connectivity index (χ4n) is 2.41. The number of methoxy groups -OCH3 is 1. The normalized spacial score (nSPS) is 10.4. The minimum Gasteiger partial charge on any atom is -0.486 e. The number of halogens is 1. The molecule has 0 aliphatic carbocycles. The molecule has 0 atom stereocenters. The summed E-state index contributed by atoms with van der Waals surface area (Å²) < 4.78 is 28.5. The van der Waals surface area contributed by atoms with Gasteiger partial charge < -0.3 is 19.2 Å². The third-order valence-corrected chi connectivity index (χ3v) is 3.91. The Balaban J connectivity index is 1.51. The Labute approximate surface area is 160 Å². The molecule has 0 unspecified atom stereocenters. The van der Waals surface area contributed by atoms with Gasteiger partial charge in [-0.2, -0.15) is 0 Å². The molecule has 0 bridgehead atoms. The molecule has 0 saturated heterocycles. The lowest BCUT2D eigenvalue weighted by molar-refractivity contribution is 0.0600. The first-order valence-corrected chi connectivity index (χ1v) is 8.47. The fourth-order valence-corrected chi connectivity index (χ4v) is 2.41. The SMILES string of the molecule is COC(=O)c1ccc(CNC(=O)c2ccc(COc3ccc(F)cc3)o2)cc1. The Morgan fingerprint density at radius 3 is 2.39 bits per heavy atom. The molecule has 1 N–H and O–H groups in total. The summed E-state index contributed by atoms with van der Waals surface area (Å²) in [5.41, 5.74) is 1.27. The van der Waals surface area contributed by atoms with E-state index < -0.39 is 5.97 Å². The molecule has 7 heteroatoms. The van der Waals surface area contributed by atoms with E-state index in [2.05, 4.69) is 10.1 Å². The van der Waals surface area contributed by atoms with Crippen LogP contribution in [0.4, 0.5) is 4.39 Å². The lowest BCUT2D eigenvalue weighted by Crippen LogP contribution is -2.22. The van der Waals surface area contributed by atoms with Crippen molar-refractivity contribution in [3.8, 4) is 5.75 Å². The number of furan rings is 1. The number of carbonyl (C=O) groups excluding carboxylic acids is 2. The van der Waals surface area contributed by atoms with E-state index in [0.29, 0.717) is 17.1 Å². The van der Waals surface area contributed by atoms with Gasteiger partial charge in [0, 0.05) is 6.54 Å². The number of rotatable bonds is 7. The van der Waals surface area contributed by atoms with E-state index in [4.69, 9.17) is 9.15 Å². The van der Waals surface area contributed by atoms with E-state index in [1.807, 2.05) is 0 Å². The summed E-state index contributed by atoms with van der Waals surface area (Å²) in [6.45, 7) is 0.399. The molecule has 2 aromatic carbocycles. The van der Waals surface area contributed by atoms with Crippen LogP contribution in [0.3, 0.4) is 0 Å². The predicted octanol–water partition coefficient (Wildman–Crippen LogP) is 3.71. The number of carbonyl (C=O) groups is 2. The van der Waals surface area contributed by atoms with Crippen molar-refractivity contribution >= 4 is 11.9 Å². The first-order chi connectivity index (χ1) is 13.5. The van der Waals surface area contributed by atoms with Crippen LogP contribution < -0.4 is 10.1 Å². The molecule has 0 aliphatic rings. The highest BCUT2D eigenvalue weighted by Gasteiger charge is 2.12. The van der Waals surface area contributed by atoms with Crippen LogP contribution in [0.1, 0.15) is 32.2 Å². The summed E-state index contributed by atoms with van der Waals surface area (Å²) in [6, 6.07) is 15.5. The topological polar surface area (TPSA) is 77.8 Å². The number of amides is 1. The van der Waals surface area contributed by atoms with E-state index >= 15 is 0 Å². The first-order valence-electron chi connectivity index (χ1n) is 8.47. The second-order valence-electron chi connectivity index (χ2n) is 5.88. The van der Waals surface area contributed by atoms with Gasteiger partial charge in [0.05, 0.1) is 12.7 Å². The monoisotopic (exact) mass is 383 g/mol. The molecule has 3 aromatic rings. The van der Waals surface area contributed by atoms with Crippen LogP contribution in [-0.2, 0) is 17.9 Å². The van der Waals surface area contributed by atoms with Crippen molar-refractivity contribution in [3.05, 3.63) is 89.1 Å². The quantitative estimate of drug-likeness (QED) is 0.629. The van der Waals surface area contributed by atoms with Crippen LogP contribution in [0, 0.1) is 5.82 Å². The highest BCUT2D eigenvalue weighted by Crippen LogP contribution is 2.15. The molecule has 0 radical (unpaired) electrons. The van der Waals surface area contributed by atoms with E-state index in [0.717, 1.165) is 5.56 Å². The smallest absolute Gasteiger partial charge is 0.337 e. The number of ether oxygens (including phenoxy) is 2. The minimum absolute atomic E-state index is 0.119. The van der Waals surface area contributed by atoms with Crippen LogP contribution in [0.25, 0.3) is 0 Å². The molecule has 0 spiro atoms. The van der Waals surface area contributed by atoms with Gasteiger partial charge in [0.1, 0.15) is 23.9 Å². The molecule has 1 aromatic heterocycles. The molecule has 3 rings (SSSR count). The zero-order chi connectivity index (χ0) is 19.9. The summed E-state index contributed by atoms with van der Waals surface area (Å²) in [4.78, 5) is 23.6. The van der Waals surface area contributed by atoms with Crippen molar-refractivity contribution in [1.82, 2.24) is 5.32 Å². The van der Waals surface area contributed by atoms with Crippen LogP contribution in [0.5, 0.6) is 5.75 Å². The molecule has 28 heavy (non-hydrogen) atoms. The second kappa shape index (κ2) is 8.85. The zero-order valence-corrected chi connectivity index (χ0v) is 15.1. The fraction of sp³-hybridized carbons (Fsp3) is 0.143. The summed E-state index contributed by atoms with van der Waals surface area (Å²) in [6.07, 6.45) is 0. The van der Waals surface area contributed by atoms with E-state index in [1.165, 1.54) is 31.4 Å². The number of esters is 1. The molecule has 6 nitrogen and oxygen atoms in total. The maximum atomic E-state index is 12.9. The highest BCUT2D eigenvalue weighted by molar-refractivity contribution is 5.91. The average molecular weight is 383 g/mol.